The number of hydrogen-bond donors (Lipinski definition) is 0. The highest BCUT2D eigenvalue weighted by Crippen LogP contribution is 2.32. The van der Waals surface area contributed by atoms with Crippen molar-refractivity contribution in [3.8, 4) is 5.69 Å². The van der Waals surface area contributed by atoms with E-state index in [2.05, 4.69) is 24.9 Å². The van der Waals surface area contributed by atoms with Gasteiger partial charge in [-0.25, -0.2) is 19.6 Å². The molecule has 7 nitrogen and oxygen atoms in total. The second kappa shape index (κ2) is 7.88. The van der Waals surface area contributed by atoms with Crippen LogP contribution in [-0.4, -0.2) is 50.9 Å². The molecule has 2 aromatic carbocycles. The maximum absolute atomic E-state index is 6.17. The van der Waals surface area contributed by atoms with Gasteiger partial charge in [-0.15, -0.1) is 0 Å². The average Bonchev–Trinajstić information content (AvgIpc) is 3.43. The number of aromatic nitrogens is 5. The molecule has 1 fully saturated rings. The summed E-state index contributed by atoms with van der Waals surface area (Å²) < 4.78 is 2.91. The molecule has 0 saturated carbocycles. The predicted octanol–water partition coefficient (Wildman–Crippen LogP) is 5.06. The molecule has 3 aromatic heterocycles. The average molecular weight is 482 g/mol. The van der Waals surface area contributed by atoms with Gasteiger partial charge in [-0.05, 0) is 36.4 Å². The molecule has 1 saturated heterocycles. The Kier molecular flexibility index (Phi) is 4.86. The van der Waals surface area contributed by atoms with Crippen molar-refractivity contribution < 1.29 is 0 Å². The summed E-state index contributed by atoms with van der Waals surface area (Å²) in [6.07, 6.45) is 3.43. The van der Waals surface area contributed by atoms with Crippen molar-refractivity contribution in [1.82, 2.24) is 24.7 Å². The molecule has 4 heterocycles. The van der Waals surface area contributed by atoms with Crippen LogP contribution >= 0.6 is 34.5 Å². The summed E-state index contributed by atoms with van der Waals surface area (Å²) in [4.78, 5) is 18.5. The van der Waals surface area contributed by atoms with Gasteiger partial charge in [0, 0.05) is 36.2 Å². The fourth-order valence-corrected chi connectivity index (χ4v) is 5.49. The van der Waals surface area contributed by atoms with Crippen molar-refractivity contribution >= 4 is 66.7 Å². The third-order valence-electron chi connectivity index (χ3n) is 5.59. The molecule has 1 aliphatic rings. The van der Waals surface area contributed by atoms with E-state index in [9.17, 15) is 0 Å². The first-order valence-electron chi connectivity index (χ1n) is 10.2. The van der Waals surface area contributed by atoms with E-state index in [1.54, 1.807) is 22.3 Å². The third-order valence-corrected chi connectivity index (χ3v) is 7.14. The van der Waals surface area contributed by atoms with Crippen LogP contribution in [0.25, 0.3) is 26.9 Å². The first-order chi connectivity index (χ1) is 15.7. The summed E-state index contributed by atoms with van der Waals surface area (Å²) in [7, 11) is 0. The fourth-order valence-electron chi connectivity index (χ4n) is 4.01. The Morgan fingerprint density at radius 3 is 2.53 bits per heavy atom. The highest BCUT2D eigenvalue weighted by Gasteiger charge is 2.23. The van der Waals surface area contributed by atoms with Crippen LogP contribution in [0, 0.1) is 0 Å². The number of thiazole rings is 1. The Labute approximate surface area is 197 Å². The number of halogens is 2. The maximum Gasteiger partial charge on any atom is 0.186 e. The summed E-state index contributed by atoms with van der Waals surface area (Å²) >= 11 is 14.0. The molecule has 0 spiro atoms. The van der Waals surface area contributed by atoms with Crippen LogP contribution < -0.4 is 9.80 Å². The second-order valence-corrected chi connectivity index (χ2v) is 9.44. The van der Waals surface area contributed by atoms with Crippen LogP contribution in [0.2, 0.25) is 10.0 Å². The Hall–Kier alpha value is -2.94. The largest absolute Gasteiger partial charge is 0.352 e. The van der Waals surface area contributed by atoms with Crippen LogP contribution in [-0.2, 0) is 0 Å². The van der Waals surface area contributed by atoms with E-state index in [-0.39, 0.29) is 0 Å². The van der Waals surface area contributed by atoms with E-state index in [1.165, 1.54) is 0 Å². The van der Waals surface area contributed by atoms with Gasteiger partial charge in [0.1, 0.15) is 12.1 Å². The van der Waals surface area contributed by atoms with Crippen LogP contribution in [0.1, 0.15) is 0 Å². The first-order valence-corrected chi connectivity index (χ1v) is 11.7. The Balaban J connectivity index is 1.26. The molecule has 0 bridgehead atoms. The number of anilines is 2. The lowest BCUT2D eigenvalue weighted by Gasteiger charge is -2.35. The van der Waals surface area contributed by atoms with E-state index < -0.39 is 0 Å². The Morgan fingerprint density at radius 2 is 1.69 bits per heavy atom. The lowest BCUT2D eigenvalue weighted by Crippen LogP contribution is -2.46. The minimum absolute atomic E-state index is 0.661. The molecule has 0 unspecified atom stereocenters. The molecule has 0 radical (unpaired) electrons. The van der Waals surface area contributed by atoms with Gasteiger partial charge in [0.05, 0.1) is 27.5 Å². The van der Waals surface area contributed by atoms with E-state index in [0.717, 1.165) is 69.1 Å². The highest BCUT2D eigenvalue weighted by molar-refractivity contribution is 7.22. The normalized spacial score (nSPS) is 14.6. The molecular formula is C22H17Cl2N7S. The summed E-state index contributed by atoms with van der Waals surface area (Å²) in [6.45, 7) is 3.40. The van der Waals surface area contributed by atoms with Gasteiger partial charge in [0.15, 0.2) is 10.8 Å². The first kappa shape index (κ1) is 19.7. The van der Waals surface area contributed by atoms with Crippen LogP contribution in [0.15, 0.2) is 55.0 Å². The molecule has 0 N–H and O–H groups in total. The van der Waals surface area contributed by atoms with Crippen LogP contribution in [0.4, 0.5) is 10.9 Å². The summed E-state index contributed by atoms with van der Waals surface area (Å²) in [5, 5.41) is 7.91. The minimum atomic E-state index is 0.661. The molecular weight excluding hydrogens is 465 g/mol. The molecule has 1 aliphatic heterocycles. The van der Waals surface area contributed by atoms with Crippen molar-refractivity contribution in [2.75, 3.05) is 36.0 Å². The van der Waals surface area contributed by atoms with Crippen molar-refractivity contribution in [1.29, 1.82) is 0 Å². The molecule has 0 atom stereocenters. The fraction of sp³-hybridized carbons (Fsp3) is 0.182. The smallest absolute Gasteiger partial charge is 0.186 e. The van der Waals surface area contributed by atoms with E-state index in [0.29, 0.717) is 5.02 Å². The van der Waals surface area contributed by atoms with Gasteiger partial charge in [-0.2, -0.15) is 5.10 Å². The summed E-state index contributed by atoms with van der Waals surface area (Å²) in [5.41, 5.74) is 2.63. The topological polar surface area (TPSA) is 63.0 Å². The highest BCUT2D eigenvalue weighted by atomic mass is 35.5. The number of rotatable bonds is 3. The van der Waals surface area contributed by atoms with Crippen molar-refractivity contribution in [3.63, 3.8) is 0 Å². The summed E-state index contributed by atoms with van der Waals surface area (Å²) in [5.74, 6) is 0.902. The van der Waals surface area contributed by atoms with Crippen molar-refractivity contribution in [3.05, 3.63) is 65.0 Å². The van der Waals surface area contributed by atoms with Crippen molar-refractivity contribution in [2.24, 2.45) is 0 Å². The van der Waals surface area contributed by atoms with E-state index in [4.69, 9.17) is 28.2 Å². The molecule has 160 valence electrons. The lowest BCUT2D eigenvalue weighted by molar-refractivity contribution is 0.648. The quantitative estimate of drug-likeness (QED) is 0.358. The summed E-state index contributed by atoms with van der Waals surface area (Å²) in [6, 6.07) is 13.4. The van der Waals surface area contributed by atoms with Gasteiger partial charge in [-0.1, -0.05) is 40.6 Å². The number of hydrogen-bond acceptors (Lipinski definition) is 7. The lowest BCUT2D eigenvalue weighted by atomic mass is 10.3. The zero-order valence-electron chi connectivity index (χ0n) is 16.8. The number of piperazine rings is 1. The van der Waals surface area contributed by atoms with Crippen molar-refractivity contribution in [2.45, 2.75) is 0 Å². The number of nitrogens with zero attached hydrogens (tertiary/aromatic N) is 7. The Bertz CT molecular complexity index is 1440. The molecule has 0 amide bonds. The minimum Gasteiger partial charge on any atom is -0.352 e. The van der Waals surface area contributed by atoms with Gasteiger partial charge >= 0.3 is 0 Å². The monoisotopic (exact) mass is 481 g/mol. The predicted molar refractivity (Wildman–Crippen MR) is 131 cm³/mol. The van der Waals surface area contributed by atoms with Crippen LogP contribution in [0.5, 0.6) is 0 Å². The van der Waals surface area contributed by atoms with Gasteiger partial charge in [0.25, 0.3) is 0 Å². The maximum atomic E-state index is 6.17. The SMILES string of the molecule is Clc1cccc(-n2ncc3c(N4CCN(c5nc6ccc(Cl)cc6s5)CC4)ncnc32)c1. The Morgan fingerprint density at radius 1 is 0.875 bits per heavy atom. The van der Waals surface area contributed by atoms with Gasteiger partial charge in [-0.3, -0.25) is 0 Å². The molecule has 32 heavy (non-hydrogen) atoms. The second-order valence-electron chi connectivity index (χ2n) is 7.55. The number of benzene rings is 2. The third kappa shape index (κ3) is 3.44. The van der Waals surface area contributed by atoms with E-state index >= 15 is 0 Å². The standard InChI is InChI=1S/C22H17Cl2N7S/c23-14-2-1-3-16(10-14)31-21-17(12-27-31)20(25-13-26-21)29-6-8-30(9-7-29)22-28-18-5-4-15(24)11-19(18)32-22/h1-5,10-13H,6-9H2. The molecule has 6 rings (SSSR count). The zero-order chi connectivity index (χ0) is 21.7. The zero-order valence-corrected chi connectivity index (χ0v) is 19.1. The van der Waals surface area contributed by atoms with E-state index in [1.807, 2.05) is 48.7 Å². The van der Waals surface area contributed by atoms with Gasteiger partial charge < -0.3 is 9.80 Å². The van der Waals surface area contributed by atoms with Gasteiger partial charge in [0.2, 0.25) is 0 Å². The molecule has 5 aromatic rings. The molecule has 0 aliphatic carbocycles. The number of fused-ring (bicyclic) bond motifs is 2. The van der Waals surface area contributed by atoms with Crippen LogP contribution in [0.3, 0.4) is 0 Å². The molecule has 10 heteroatoms.